The Hall–Kier alpha value is -1.65. The Morgan fingerprint density at radius 1 is 1.28 bits per heavy atom. The average Bonchev–Trinajstić information content (AvgIpc) is 2.96. The standard InChI is InChI=1S/C13H14F2N2O/c14-10-2-1-3-11(15)12(10)16-13(18)17-7-8-4-5-9(17)6-8/h1-3,8-9H,4-7H2,(H,16,18)/t8-,9-/m0/s1. The van der Waals surface area contributed by atoms with E-state index >= 15 is 0 Å². The van der Waals surface area contributed by atoms with Crippen LogP contribution in [0.1, 0.15) is 19.3 Å². The molecule has 0 radical (unpaired) electrons. The maximum atomic E-state index is 13.4. The summed E-state index contributed by atoms with van der Waals surface area (Å²) < 4.78 is 26.8. The number of carbonyl (C=O) groups excluding carboxylic acids is 1. The second-order valence-corrected chi connectivity index (χ2v) is 5.01. The van der Waals surface area contributed by atoms with Crippen LogP contribution in [0, 0.1) is 17.6 Å². The van der Waals surface area contributed by atoms with Gasteiger partial charge in [-0.3, -0.25) is 0 Å². The fraction of sp³-hybridized carbons (Fsp3) is 0.462. The Kier molecular flexibility index (Phi) is 2.69. The second-order valence-electron chi connectivity index (χ2n) is 5.01. The van der Waals surface area contributed by atoms with Gasteiger partial charge < -0.3 is 10.2 Å². The maximum Gasteiger partial charge on any atom is 0.322 e. The van der Waals surface area contributed by atoms with Crippen molar-refractivity contribution in [1.82, 2.24) is 4.90 Å². The zero-order valence-corrected chi connectivity index (χ0v) is 9.83. The maximum absolute atomic E-state index is 13.4. The number of benzene rings is 1. The van der Waals surface area contributed by atoms with E-state index in [2.05, 4.69) is 5.32 Å². The number of rotatable bonds is 1. The van der Waals surface area contributed by atoms with Crippen LogP contribution in [0.15, 0.2) is 18.2 Å². The molecule has 1 saturated heterocycles. The highest BCUT2D eigenvalue weighted by Gasteiger charge is 2.40. The molecule has 2 bridgehead atoms. The first-order chi connectivity index (χ1) is 8.65. The lowest BCUT2D eigenvalue weighted by molar-refractivity contribution is 0.194. The number of likely N-dealkylation sites (tertiary alicyclic amines) is 1. The van der Waals surface area contributed by atoms with Crippen molar-refractivity contribution in [2.75, 3.05) is 11.9 Å². The van der Waals surface area contributed by atoms with Gasteiger partial charge in [0, 0.05) is 12.6 Å². The van der Waals surface area contributed by atoms with Crippen molar-refractivity contribution in [3.8, 4) is 0 Å². The number of amides is 2. The minimum atomic E-state index is -0.743. The number of fused-ring (bicyclic) bond motifs is 2. The first-order valence-electron chi connectivity index (χ1n) is 6.17. The number of hydrogen-bond acceptors (Lipinski definition) is 1. The van der Waals surface area contributed by atoms with Crippen molar-refractivity contribution < 1.29 is 13.6 Å². The van der Waals surface area contributed by atoms with Crippen molar-refractivity contribution in [3.05, 3.63) is 29.8 Å². The third-order valence-corrected chi connectivity index (χ3v) is 3.86. The van der Waals surface area contributed by atoms with Crippen LogP contribution in [0.4, 0.5) is 19.3 Å². The molecule has 2 aliphatic rings. The van der Waals surface area contributed by atoms with Gasteiger partial charge in [-0.05, 0) is 37.3 Å². The number of nitrogens with zero attached hydrogens (tertiary/aromatic N) is 1. The van der Waals surface area contributed by atoms with Crippen molar-refractivity contribution in [3.63, 3.8) is 0 Å². The third-order valence-electron chi connectivity index (χ3n) is 3.86. The van der Waals surface area contributed by atoms with Crippen molar-refractivity contribution >= 4 is 11.7 Å². The Morgan fingerprint density at radius 3 is 2.56 bits per heavy atom. The van der Waals surface area contributed by atoms with Crippen LogP contribution in [0.5, 0.6) is 0 Å². The molecule has 1 saturated carbocycles. The molecule has 2 fully saturated rings. The molecule has 96 valence electrons. The van der Waals surface area contributed by atoms with E-state index < -0.39 is 17.7 Å². The number of urea groups is 1. The number of halogens is 2. The summed E-state index contributed by atoms with van der Waals surface area (Å²) in [7, 11) is 0. The lowest BCUT2D eigenvalue weighted by Crippen LogP contribution is -2.40. The summed E-state index contributed by atoms with van der Waals surface area (Å²) in [6, 6.07) is 3.39. The monoisotopic (exact) mass is 252 g/mol. The van der Waals surface area contributed by atoms with E-state index in [0.29, 0.717) is 12.5 Å². The van der Waals surface area contributed by atoms with Gasteiger partial charge in [-0.1, -0.05) is 6.07 Å². The summed E-state index contributed by atoms with van der Waals surface area (Å²) in [6.07, 6.45) is 3.17. The van der Waals surface area contributed by atoms with Crippen LogP contribution in [0.3, 0.4) is 0 Å². The molecular weight excluding hydrogens is 238 g/mol. The highest BCUT2D eigenvalue weighted by Crippen LogP contribution is 2.37. The Balaban J connectivity index is 1.75. The van der Waals surface area contributed by atoms with E-state index in [-0.39, 0.29) is 11.7 Å². The van der Waals surface area contributed by atoms with Crippen LogP contribution in [-0.2, 0) is 0 Å². The summed E-state index contributed by atoms with van der Waals surface area (Å²) in [5, 5.41) is 2.34. The molecule has 3 rings (SSSR count). The molecule has 0 unspecified atom stereocenters. The quantitative estimate of drug-likeness (QED) is 0.818. The lowest BCUT2D eigenvalue weighted by Gasteiger charge is -2.27. The van der Waals surface area contributed by atoms with Gasteiger partial charge in [0.2, 0.25) is 0 Å². The zero-order chi connectivity index (χ0) is 12.7. The van der Waals surface area contributed by atoms with Gasteiger partial charge >= 0.3 is 6.03 Å². The molecule has 1 heterocycles. The number of anilines is 1. The summed E-state index contributed by atoms with van der Waals surface area (Å²) in [5.41, 5.74) is -0.356. The number of para-hydroxylation sites is 1. The normalized spacial score (nSPS) is 25.6. The smallest absolute Gasteiger partial charge is 0.321 e. The van der Waals surface area contributed by atoms with Crippen molar-refractivity contribution in [2.24, 2.45) is 5.92 Å². The van der Waals surface area contributed by atoms with E-state index in [4.69, 9.17) is 0 Å². The lowest BCUT2D eigenvalue weighted by atomic mass is 10.1. The van der Waals surface area contributed by atoms with Crippen LogP contribution in [-0.4, -0.2) is 23.5 Å². The fourth-order valence-corrected chi connectivity index (χ4v) is 2.97. The number of nitrogens with one attached hydrogen (secondary N) is 1. The summed E-state index contributed by atoms with van der Waals surface area (Å²) in [4.78, 5) is 13.7. The highest BCUT2D eigenvalue weighted by molar-refractivity contribution is 5.90. The number of piperidine rings is 1. The van der Waals surface area contributed by atoms with Gasteiger partial charge in [0.15, 0.2) is 0 Å². The van der Waals surface area contributed by atoms with E-state index in [9.17, 15) is 13.6 Å². The predicted molar refractivity (Wildman–Crippen MR) is 63.2 cm³/mol. The Morgan fingerprint density at radius 2 is 2.00 bits per heavy atom. The van der Waals surface area contributed by atoms with Gasteiger partial charge in [0.25, 0.3) is 0 Å². The summed E-state index contributed by atoms with van der Waals surface area (Å²) >= 11 is 0. The van der Waals surface area contributed by atoms with E-state index in [1.54, 1.807) is 4.90 Å². The van der Waals surface area contributed by atoms with Gasteiger partial charge in [-0.15, -0.1) is 0 Å². The molecule has 1 N–H and O–H groups in total. The van der Waals surface area contributed by atoms with E-state index in [1.807, 2.05) is 0 Å². The molecule has 1 aliphatic carbocycles. The van der Waals surface area contributed by atoms with E-state index in [1.165, 1.54) is 6.07 Å². The molecule has 1 aromatic carbocycles. The molecule has 0 aromatic heterocycles. The highest BCUT2D eigenvalue weighted by atomic mass is 19.1. The SMILES string of the molecule is O=C(Nc1c(F)cccc1F)N1C[C@H]2CC[C@H]1C2. The van der Waals surface area contributed by atoms with Crippen LogP contribution >= 0.6 is 0 Å². The molecule has 0 spiro atoms. The molecule has 3 nitrogen and oxygen atoms in total. The average molecular weight is 252 g/mol. The van der Waals surface area contributed by atoms with Crippen molar-refractivity contribution in [2.45, 2.75) is 25.3 Å². The largest absolute Gasteiger partial charge is 0.322 e. The van der Waals surface area contributed by atoms with Gasteiger partial charge in [0.05, 0.1) is 0 Å². The molecule has 1 aliphatic heterocycles. The molecule has 18 heavy (non-hydrogen) atoms. The summed E-state index contributed by atoms with van der Waals surface area (Å²) in [6.45, 7) is 0.701. The van der Waals surface area contributed by atoms with Gasteiger partial charge in [-0.25, -0.2) is 13.6 Å². The topological polar surface area (TPSA) is 32.3 Å². The van der Waals surface area contributed by atoms with Crippen LogP contribution in [0.2, 0.25) is 0 Å². The van der Waals surface area contributed by atoms with Crippen molar-refractivity contribution in [1.29, 1.82) is 0 Å². The molecule has 2 atom stereocenters. The van der Waals surface area contributed by atoms with Crippen LogP contribution in [0.25, 0.3) is 0 Å². The summed E-state index contributed by atoms with van der Waals surface area (Å²) in [5.74, 6) is -0.924. The number of hydrogen-bond donors (Lipinski definition) is 1. The number of carbonyl (C=O) groups is 1. The third kappa shape index (κ3) is 1.83. The molecule has 5 heteroatoms. The Labute approximate surface area is 104 Å². The van der Waals surface area contributed by atoms with Gasteiger partial charge in [0.1, 0.15) is 17.3 Å². The predicted octanol–water partition coefficient (Wildman–Crippen LogP) is 2.98. The van der Waals surface area contributed by atoms with E-state index in [0.717, 1.165) is 31.4 Å². The zero-order valence-electron chi connectivity index (χ0n) is 9.83. The molecule has 2 amide bonds. The second kappa shape index (κ2) is 4.23. The minimum absolute atomic E-state index is 0.241. The fourth-order valence-electron chi connectivity index (χ4n) is 2.97. The first kappa shape index (κ1) is 11.4. The van der Waals surface area contributed by atoms with Gasteiger partial charge in [-0.2, -0.15) is 0 Å². The minimum Gasteiger partial charge on any atom is -0.321 e. The Bertz CT molecular complexity index is 472. The molecular formula is C13H14F2N2O. The first-order valence-corrected chi connectivity index (χ1v) is 6.17. The molecule has 1 aromatic rings. The van der Waals surface area contributed by atoms with Crippen LogP contribution < -0.4 is 5.32 Å².